The number of nitrogens with two attached hydrogens (primary N) is 1. The lowest BCUT2D eigenvalue weighted by atomic mass is 9.90. The summed E-state index contributed by atoms with van der Waals surface area (Å²) in [5.41, 5.74) is 9.17. The molecule has 0 radical (unpaired) electrons. The molecule has 1 aliphatic carbocycles. The Morgan fingerprint density at radius 1 is 1.44 bits per heavy atom. The average Bonchev–Trinajstić information content (AvgIpc) is 2.14. The monoisotopic (exact) mass is 220 g/mol. The highest BCUT2D eigenvalue weighted by molar-refractivity contribution is 5.72. The highest BCUT2D eigenvalue weighted by atomic mass is 16.3. The molecule has 3 heteroatoms. The summed E-state index contributed by atoms with van der Waals surface area (Å²) >= 11 is 0. The Bertz CT molecular complexity index is 341. The van der Waals surface area contributed by atoms with Gasteiger partial charge in [-0.2, -0.15) is 0 Å². The van der Waals surface area contributed by atoms with E-state index in [0.29, 0.717) is 12.6 Å². The van der Waals surface area contributed by atoms with Crippen molar-refractivity contribution in [3.05, 3.63) is 23.8 Å². The van der Waals surface area contributed by atoms with Gasteiger partial charge in [0.2, 0.25) is 0 Å². The SMILES string of the molecule is Cc1cccc(N)c1N(CCO)C1CCC1. The Morgan fingerprint density at radius 2 is 2.19 bits per heavy atom. The molecule has 0 saturated heterocycles. The lowest BCUT2D eigenvalue weighted by Crippen LogP contribution is -2.42. The van der Waals surface area contributed by atoms with Crippen LogP contribution in [-0.2, 0) is 0 Å². The van der Waals surface area contributed by atoms with Crippen LogP contribution in [0.5, 0.6) is 0 Å². The Morgan fingerprint density at radius 3 is 2.69 bits per heavy atom. The van der Waals surface area contributed by atoms with Crippen LogP contribution in [0.4, 0.5) is 11.4 Å². The van der Waals surface area contributed by atoms with Crippen molar-refractivity contribution in [3.63, 3.8) is 0 Å². The van der Waals surface area contributed by atoms with E-state index in [1.165, 1.54) is 24.8 Å². The van der Waals surface area contributed by atoms with Gasteiger partial charge in [0.1, 0.15) is 0 Å². The fourth-order valence-electron chi connectivity index (χ4n) is 2.36. The minimum Gasteiger partial charge on any atom is -0.397 e. The summed E-state index contributed by atoms with van der Waals surface area (Å²) < 4.78 is 0. The van der Waals surface area contributed by atoms with Gasteiger partial charge in [0.25, 0.3) is 0 Å². The number of hydrogen-bond acceptors (Lipinski definition) is 3. The zero-order chi connectivity index (χ0) is 11.5. The topological polar surface area (TPSA) is 49.5 Å². The van der Waals surface area contributed by atoms with Crippen molar-refractivity contribution in [2.24, 2.45) is 0 Å². The molecule has 0 unspecified atom stereocenters. The van der Waals surface area contributed by atoms with Crippen molar-refractivity contribution < 1.29 is 5.11 Å². The minimum absolute atomic E-state index is 0.185. The van der Waals surface area contributed by atoms with Crippen molar-refractivity contribution >= 4 is 11.4 Å². The first-order valence-corrected chi connectivity index (χ1v) is 5.96. The number of hydrogen-bond donors (Lipinski definition) is 2. The van der Waals surface area contributed by atoms with Gasteiger partial charge < -0.3 is 15.7 Å². The van der Waals surface area contributed by atoms with Crippen LogP contribution in [0, 0.1) is 6.92 Å². The third kappa shape index (κ3) is 2.00. The number of aryl methyl sites for hydroxylation is 1. The number of aliphatic hydroxyl groups is 1. The molecule has 0 amide bonds. The summed E-state index contributed by atoms with van der Waals surface area (Å²) in [6, 6.07) is 6.56. The molecule has 0 aromatic heterocycles. The summed E-state index contributed by atoms with van der Waals surface area (Å²) in [7, 11) is 0. The first-order chi connectivity index (χ1) is 7.74. The number of nitrogens with zero attached hydrogens (tertiary/aromatic N) is 1. The second kappa shape index (κ2) is 4.74. The molecule has 1 aromatic carbocycles. The Hall–Kier alpha value is -1.22. The normalized spacial score (nSPS) is 15.9. The molecule has 1 saturated carbocycles. The van der Waals surface area contributed by atoms with E-state index >= 15 is 0 Å². The van der Waals surface area contributed by atoms with Gasteiger partial charge in [0.05, 0.1) is 18.0 Å². The summed E-state index contributed by atoms with van der Waals surface area (Å²) in [5.74, 6) is 0. The van der Waals surface area contributed by atoms with E-state index in [-0.39, 0.29) is 6.61 Å². The van der Waals surface area contributed by atoms with Gasteiger partial charge in [-0.25, -0.2) is 0 Å². The van der Waals surface area contributed by atoms with Crippen LogP contribution in [0.3, 0.4) is 0 Å². The average molecular weight is 220 g/mol. The van der Waals surface area contributed by atoms with E-state index in [9.17, 15) is 0 Å². The third-order valence-corrected chi connectivity index (χ3v) is 3.41. The molecule has 1 fully saturated rings. The molecule has 88 valence electrons. The zero-order valence-electron chi connectivity index (χ0n) is 9.82. The Labute approximate surface area is 96.9 Å². The number of benzene rings is 1. The van der Waals surface area contributed by atoms with Gasteiger partial charge in [-0.15, -0.1) is 0 Å². The van der Waals surface area contributed by atoms with Gasteiger partial charge in [-0.05, 0) is 37.8 Å². The van der Waals surface area contributed by atoms with Gasteiger partial charge in [-0.1, -0.05) is 12.1 Å². The molecule has 1 aromatic rings. The fraction of sp³-hybridized carbons (Fsp3) is 0.538. The first kappa shape index (κ1) is 11.3. The van der Waals surface area contributed by atoms with Gasteiger partial charge in [-0.3, -0.25) is 0 Å². The second-order valence-electron chi connectivity index (χ2n) is 4.51. The molecule has 3 N–H and O–H groups in total. The fourth-order valence-corrected chi connectivity index (χ4v) is 2.36. The van der Waals surface area contributed by atoms with E-state index in [1.807, 2.05) is 12.1 Å². The maximum Gasteiger partial charge on any atom is 0.0632 e. The van der Waals surface area contributed by atoms with E-state index in [0.717, 1.165) is 11.4 Å². The summed E-state index contributed by atoms with van der Waals surface area (Å²) in [6.07, 6.45) is 3.72. The predicted octanol–water partition coefficient (Wildman–Crippen LogP) is 1.93. The number of nitrogen functional groups attached to an aromatic ring is 1. The molecule has 16 heavy (non-hydrogen) atoms. The molecule has 0 bridgehead atoms. The van der Waals surface area contributed by atoms with Gasteiger partial charge in [0, 0.05) is 12.6 Å². The predicted molar refractivity (Wildman–Crippen MR) is 67.7 cm³/mol. The molecular weight excluding hydrogens is 200 g/mol. The van der Waals surface area contributed by atoms with Crippen LogP contribution < -0.4 is 10.6 Å². The van der Waals surface area contributed by atoms with Crippen LogP contribution in [0.1, 0.15) is 24.8 Å². The van der Waals surface area contributed by atoms with Crippen molar-refractivity contribution in [3.8, 4) is 0 Å². The maximum absolute atomic E-state index is 9.17. The molecule has 0 heterocycles. The quantitative estimate of drug-likeness (QED) is 0.762. The number of rotatable bonds is 4. The molecule has 3 nitrogen and oxygen atoms in total. The van der Waals surface area contributed by atoms with E-state index < -0.39 is 0 Å². The lowest BCUT2D eigenvalue weighted by molar-refractivity contribution is 0.283. The molecule has 0 atom stereocenters. The standard InChI is InChI=1S/C13H20N2O/c1-10-4-2-7-12(14)13(10)15(8-9-16)11-5-3-6-11/h2,4,7,11,16H,3,5-6,8-9,14H2,1H3. The van der Waals surface area contributed by atoms with Crippen LogP contribution in [0.25, 0.3) is 0 Å². The molecule has 0 spiro atoms. The van der Waals surface area contributed by atoms with Crippen LogP contribution in [-0.4, -0.2) is 24.3 Å². The Balaban J connectivity index is 2.29. The van der Waals surface area contributed by atoms with E-state index in [4.69, 9.17) is 10.8 Å². The third-order valence-electron chi connectivity index (χ3n) is 3.41. The number of aliphatic hydroxyl groups excluding tert-OH is 1. The van der Waals surface area contributed by atoms with E-state index in [2.05, 4.69) is 17.9 Å². The summed E-state index contributed by atoms with van der Waals surface area (Å²) in [6.45, 7) is 2.94. The number of anilines is 2. The summed E-state index contributed by atoms with van der Waals surface area (Å²) in [5, 5.41) is 9.17. The number of para-hydroxylation sites is 1. The van der Waals surface area contributed by atoms with Crippen LogP contribution >= 0.6 is 0 Å². The maximum atomic E-state index is 9.17. The molecule has 0 aliphatic heterocycles. The zero-order valence-corrected chi connectivity index (χ0v) is 9.82. The minimum atomic E-state index is 0.185. The van der Waals surface area contributed by atoms with Crippen LogP contribution in [0.2, 0.25) is 0 Å². The molecule has 1 aliphatic rings. The smallest absolute Gasteiger partial charge is 0.0632 e. The van der Waals surface area contributed by atoms with Gasteiger partial charge in [0.15, 0.2) is 0 Å². The van der Waals surface area contributed by atoms with Crippen molar-refractivity contribution in [2.45, 2.75) is 32.2 Å². The van der Waals surface area contributed by atoms with Gasteiger partial charge >= 0.3 is 0 Å². The van der Waals surface area contributed by atoms with E-state index in [1.54, 1.807) is 0 Å². The highest BCUT2D eigenvalue weighted by Gasteiger charge is 2.26. The van der Waals surface area contributed by atoms with Crippen molar-refractivity contribution in [2.75, 3.05) is 23.8 Å². The Kier molecular flexibility index (Phi) is 3.34. The molecular formula is C13H20N2O. The molecule has 2 rings (SSSR count). The van der Waals surface area contributed by atoms with Crippen molar-refractivity contribution in [1.29, 1.82) is 0 Å². The largest absolute Gasteiger partial charge is 0.397 e. The van der Waals surface area contributed by atoms with Crippen molar-refractivity contribution in [1.82, 2.24) is 0 Å². The van der Waals surface area contributed by atoms with Crippen LogP contribution in [0.15, 0.2) is 18.2 Å². The first-order valence-electron chi connectivity index (χ1n) is 5.96. The highest BCUT2D eigenvalue weighted by Crippen LogP contribution is 2.34. The second-order valence-corrected chi connectivity index (χ2v) is 4.51. The summed E-state index contributed by atoms with van der Waals surface area (Å²) in [4.78, 5) is 2.27. The lowest BCUT2D eigenvalue weighted by Gasteiger charge is -2.40.